The first kappa shape index (κ1) is 10.6. The summed E-state index contributed by atoms with van der Waals surface area (Å²) in [6, 6.07) is 6.22. The summed E-state index contributed by atoms with van der Waals surface area (Å²) in [5, 5.41) is 3.14. The first-order chi connectivity index (χ1) is 6.52. The van der Waals surface area contributed by atoms with E-state index < -0.39 is 0 Å². The molecular formula is C13H17N. The van der Waals surface area contributed by atoms with Gasteiger partial charge < -0.3 is 5.32 Å². The maximum Gasteiger partial charge on any atom is 0.0384 e. The van der Waals surface area contributed by atoms with Crippen LogP contribution in [-0.2, 0) is 0 Å². The molecule has 0 atom stereocenters. The van der Waals surface area contributed by atoms with E-state index in [2.05, 4.69) is 44.5 Å². The molecule has 0 aromatic heterocycles. The number of nitrogens with one attached hydrogen (secondary N) is 1. The van der Waals surface area contributed by atoms with E-state index in [1.54, 1.807) is 0 Å². The molecule has 0 amide bonds. The van der Waals surface area contributed by atoms with E-state index in [1.165, 1.54) is 11.1 Å². The molecule has 0 radical (unpaired) electrons. The molecule has 0 unspecified atom stereocenters. The van der Waals surface area contributed by atoms with Crippen molar-refractivity contribution in [3.63, 3.8) is 0 Å². The SMILES string of the molecule is C=C(C)NC(=C)c1cccc(C)c1C. The molecule has 0 saturated carbocycles. The molecule has 0 spiro atoms. The number of hydrogen-bond acceptors (Lipinski definition) is 1. The summed E-state index contributed by atoms with van der Waals surface area (Å²) in [4.78, 5) is 0. The van der Waals surface area contributed by atoms with Crippen LogP contribution in [0, 0.1) is 13.8 Å². The predicted molar refractivity (Wildman–Crippen MR) is 62.9 cm³/mol. The Balaban J connectivity index is 3.01. The average Bonchev–Trinajstić information content (AvgIpc) is 2.08. The third-order valence-electron chi connectivity index (χ3n) is 2.29. The fourth-order valence-electron chi connectivity index (χ4n) is 1.40. The minimum Gasteiger partial charge on any atom is -0.360 e. The maximum absolute atomic E-state index is 4.00. The van der Waals surface area contributed by atoms with Crippen LogP contribution in [0.15, 0.2) is 37.1 Å². The second-order valence-electron chi connectivity index (χ2n) is 3.63. The number of rotatable bonds is 3. The van der Waals surface area contributed by atoms with Crippen molar-refractivity contribution in [1.29, 1.82) is 0 Å². The van der Waals surface area contributed by atoms with Gasteiger partial charge in [0.25, 0.3) is 0 Å². The van der Waals surface area contributed by atoms with Crippen molar-refractivity contribution in [2.24, 2.45) is 0 Å². The van der Waals surface area contributed by atoms with Crippen molar-refractivity contribution in [3.05, 3.63) is 53.7 Å². The van der Waals surface area contributed by atoms with Crippen molar-refractivity contribution in [3.8, 4) is 0 Å². The summed E-state index contributed by atoms with van der Waals surface area (Å²) in [6.07, 6.45) is 0. The van der Waals surface area contributed by atoms with Crippen LogP contribution in [-0.4, -0.2) is 0 Å². The molecule has 1 N–H and O–H groups in total. The summed E-state index contributed by atoms with van der Waals surface area (Å²) in [5.74, 6) is 0. The van der Waals surface area contributed by atoms with Gasteiger partial charge in [-0.2, -0.15) is 0 Å². The van der Waals surface area contributed by atoms with Gasteiger partial charge in [-0.1, -0.05) is 31.4 Å². The molecule has 0 heterocycles. The highest BCUT2D eigenvalue weighted by Crippen LogP contribution is 2.18. The van der Waals surface area contributed by atoms with Gasteiger partial charge in [-0.25, -0.2) is 0 Å². The largest absolute Gasteiger partial charge is 0.360 e. The molecule has 1 heteroatoms. The van der Waals surface area contributed by atoms with Gasteiger partial charge in [0.05, 0.1) is 0 Å². The molecule has 1 nitrogen and oxygen atoms in total. The number of benzene rings is 1. The number of allylic oxidation sites excluding steroid dienone is 1. The van der Waals surface area contributed by atoms with Gasteiger partial charge >= 0.3 is 0 Å². The van der Waals surface area contributed by atoms with Gasteiger partial charge in [0.15, 0.2) is 0 Å². The van der Waals surface area contributed by atoms with Gasteiger partial charge in [-0.15, -0.1) is 0 Å². The normalized spacial score (nSPS) is 9.64. The summed E-state index contributed by atoms with van der Waals surface area (Å²) >= 11 is 0. The molecule has 0 aliphatic rings. The minimum absolute atomic E-state index is 0.913. The van der Waals surface area contributed by atoms with Gasteiger partial charge in [-0.05, 0) is 31.9 Å². The molecule has 14 heavy (non-hydrogen) atoms. The van der Waals surface area contributed by atoms with E-state index in [0.29, 0.717) is 0 Å². The Labute approximate surface area is 86.2 Å². The van der Waals surface area contributed by atoms with Crippen LogP contribution in [0.2, 0.25) is 0 Å². The van der Waals surface area contributed by atoms with E-state index >= 15 is 0 Å². The van der Waals surface area contributed by atoms with Crippen molar-refractivity contribution in [1.82, 2.24) is 5.32 Å². The van der Waals surface area contributed by atoms with E-state index in [1.807, 2.05) is 13.0 Å². The lowest BCUT2D eigenvalue weighted by molar-refractivity contribution is 1.09. The Kier molecular flexibility index (Phi) is 3.13. The highest BCUT2D eigenvalue weighted by Gasteiger charge is 2.03. The summed E-state index contributed by atoms with van der Waals surface area (Å²) in [6.45, 7) is 13.9. The molecular weight excluding hydrogens is 170 g/mol. The van der Waals surface area contributed by atoms with Crippen LogP contribution in [0.5, 0.6) is 0 Å². The zero-order valence-corrected chi connectivity index (χ0v) is 9.15. The summed E-state index contributed by atoms with van der Waals surface area (Å²) in [5.41, 5.74) is 5.54. The Morgan fingerprint density at radius 3 is 2.43 bits per heavy atom. The number of hydrogen-bond donors (Lipinski definition) is 1. The second kappa shape index (κ2) is 4.14. The van der Waals surface area contributed by atoms with E-state index in [-0.39, 0.29) is 0 Å². The van der Waals surface area contributed by atoms with Crippen molar-refractivity contribution >= 4 is 5.70 Å². The molecule has 74 valence electrons. The predicted octanol–water partition coefficient (Wildman–Crippen LogP) is 3.40. The first-order valence-corrected chi connectivity index (χ1v) is 4.70. The highest BCUT2D eigenvalue weighted by atomic mass is 14.9. The summed E-state index contributed by atoms with van der Waals surface area (Å²) < 4.78 is 0. The molecule has 1 aromatic carbocycles. The van der Waals surface area contributed by atoms with Crippen LogP contribution in [0.1, 0.15) is 23.6 Å². The Hall–Kier alpha value is -1.50. The molecule has 0 aliphatic carbocycles. The van der Waals surface area contributed by atoms with Crippen molar-refractivity contribution < 1.29 is 0 Å². The zero-order chi connectivity index (χ0) is 10.7. The molecule has 0 fully saturated rings. The zero-order valence-electron chi connectivity index (χ0n) is 9.15. The third kappa shape index (κ3) is 2.25. The van der Waals surface area contributed by atoms with Gasteiger partial charge in [0.1, 0.15) is 0 Å². The van der Waals surface area contributed by atoms with Crippen LogP contribution >= 0.6 is 0 Å². The quantitative estimate of drug-likeness (QED) is 0.764. The average molecular weight is 187 g/mol. The third-order valence-corrected chi connectivity index (χ3v) is 2.29. The lowest BCUT2D eigenvalue weighted by atomic mass is 10.0. The lowest BCUT2D eigenvalue weighted by Crippen LogP contribution is -2.08. The smallest absolute Gasteiger partial charge is 0.0384 e. The minimum atomic E-state index is 0.913. The molecule has 0 bridgehead atoms. The Morgan fingerprint density at radius 2 is 1.86 bits per heavy atom. The lowest BCUT2D eigenvalue weighted by Gasteiger charge is -2.13. The number of aryl methyl sites for hydroxylation is 1. The van der Waals surface area contributed by atoms with E-state index in [4.69, 9.17) is 0 Å². The second-order valence-corrected chi connectivity index (χ2v) is 3.63. The molecule has 1 aromatic rings. The molecule has 0 aliphatic heterocycles. The van der Waals surface area contributed by atoms with E-state index in [0.717, 1.165) is 17.0 Å². The first-order valence-electron chi connectivity index (χ1n) is 4.70. The monoisotopic (exact) mass is 187 g/mol. The topological polar surface area (TPSA) is 12.0 Å². The van der Waals surface area contributed by atoms with Gasteiger partial charge in [0, 0.05) is 17.0 Å². The van der Waals surface area contributed by atoms with Crippen LogP contribution in [0.25, 0.3) is 5.70 Å². The fourth-order valence-corrected chi connectivity index (χ4v) is 1.40. The molecule has 1 rings (SSSR count). The van der Waals surface area contributed by atoms with Crippen molar-refractivity contribution in [2.45, 2.75) is 20.8 Å². The van der Waals surface area contributed by atoms with Gasteiger partial charge in [-0.3, -0.25) is 0 Å². The summed E-state index contributed by atoms with van der Waals surface area (Å²) in [7, 11) is 0. The van der Waals surface area contributed by atoms with Gasteiger partial charge in [0.2, 0.25) is 0 Å². The van der Waals surface area contributed by atoms with Crippen LogP contribution in [0.3, 0.4) is 0 Å². The highest BCUT2D eigenvalue weighted by molar-refractivity contribution is 5.66. The Morgan fingerprint density at radius 1 is 1.21 bits per heavy atom. The van der Waals surface area contributed by atoms with Crippen LogP contribution in [0.4, 0.5) is 0 Å². The standard InChI is InChI=1S/C13H17N/c1-9(2)14-12(5)13-8-6-7-10(3)11(13)4/h6-8,14H,1,5H2,2-4H3. The Bertz CT molecular complexity index is 375. The molecule has 0 saturated heterocycles. The fraction of sp³-hybridized carbons (Fsp3) is 0.231. The van der Waals surface area contributed by atoms with Crippen LogP contribution < -0.4 is 5.32 Å². The van der Waals surface area contributed by atoms with E-state index in [9.17, 15) is 0 Å². The maximum atomic E-state index is 4.00. The van der Waals surface area contributed by atoms with Crippen molar-refractivity contribution in [2.75, 3.05) is 0 Å².